The summed E-state index contributed by atoms with van der Waals surface area (Å²) in [6, 6.07) is 22.9. The average molecular weight is 801 g/mol. The maximum absolute atomic E-state index is 12.4. The Hall–Kier alpha value is -5.79. The van der Waals surface area contributed by atoms with Crippen molar-refractivity contribution in [1.82, 2.24) is 9.78 Å². The summed E-state index contributed by atoms with van der Waals surface area (Å²) in [5.74, 6) is -2.54. The van der Waals surface area contributed by atoms with Crippen LogP contribution in [-0.4, -0.2) is 37.7 Å². The number of para-hydroxylation sites is 1. The summed E-state index contributed by atoms with van der Waals surface area (Å²) in [4.78, 5) is 19.0. The van der Waals surface area contributed by atoms with Gasteiger partial charge in [0.25, 0.3) is 21.5 Å². The van der Waals surface area contributed by atoms with Crippen LogP contribution in [0.4, 0.5) is 34.1 Å². The van der Waals surface area contributed by atoms with Crippen LogP contribution in [0.3, 0.4) is 0 Å². The largest absolute Gasteiger partial charge is 3.00 e. The summed E-state index contributed by atoms with van der Waals surface area (Å²) in [5, 5.41) is 88.3. The summed E-state index contributed by atoms with van der Waals surface area (Å²) in [7, 11) is -5.01. The van der Waals surface area contributed by atoms with E-state index in [4.69, 9.17) is 4.55 Å². The molecular weight excluding hydrogens is 779 g/mol. The SMILES string of the molecule is Cc1nn(-c2ccccc2)c([O-])c1N=Nc1cc([N+](=O)[O-])ccc1[O-].O=[N+]([O-])c1cc(N=Nc2c(O)ccc3ccccc23)c([O-])c(S(=O)(=O)O)c1.[Cr+3].[Na+]. The molecule has 19 nitrogen and oxygen atoms in total. The monoisotopic (exact) mass is 800 g/mol. The van der Waals surface area contributed by atoms with Gasteiger partial charge in [0.05, 0.1) is 37.5 Å². The van der Waals surface area contributed by atoms with Crippen molar-refractivity contribution in [1.29, 1.82) is 0 Å². The molecule has 0 aliphatic heterocycles. The number of phenolic OH excluding ortho intramolecular Hbond substituents is 1. The van der Waals surface area contributed by atoms with Gasteiger partial charge in [0, 0.05) is 35.5 Å². The number of hydrogen-bond acceptors (Lipinski definition) is 15. The van der Waals surface area contributed by atoms with E-state index in [1.807, 2.05) is 6.07 Å². The molecule has 1 aromatic heterocycles. The number of benzene rings is 5. The minimum atomic E-state index is -5.01. The number of non-ortho nitro benzene ring substituents is 2. The summed E-state index contributed by atoms with van der Waals surface area (Å²) >= 11 is 0. The third kappa shape index (κ3) is 9.60. The van der Waals surface area contributed by atoms with Crippen LogP contribution in [0.5, 0.6) is 23.1 Å². The number of rotatable bonds is 8. The Bertz CT molecular complexity index is 2540. The van der Waals surface area contributed by atoms with Gasteiger partial charge in [0.2, 0.25) is 0 Å². The second kappa shape index (κ2) is 17.8. The van der Waals surface area contributed by atoms with E-state index >= 15 is 0 Å². The van der Waals surface area contributed by atoms with Crippen molar-refractivity contribution in [3.63, 3.8) is 0 Å². The van der Waals surface area contributed by atoms with Crippen molar-refractivity contribution in [2.75, 3.05) is 0 Å². The summed E-state index contributed by atoms with van der Waals surface area (Å²) in [6.45, 7) is 1.58. The van der Waals surface area contributed by atoms with E-state index in [9.17, 15) is 49.1 Å². The van der Waals surface area contributed by atoms with Crippen molar-refractivity contribution in [2.45, 2.75) is 11.8 Å². The van der Waals surface area contributed by atoms with Crippen LogP contribution in [0.15, 0.2) is 122 Å². The molecule has 0 bridgehead atoms. The minimum Gasteiger partial charge on any atom is -0.871 e. The molecule has 6 aromatic rings. The standard InChI is InChI=1S/C16H13N5O4.C16H11N3O7S.Cr.Na/c1-10-15(16(23)20(19-10)11-5-3-2-4-6-11)18-17-13-9-12(21(24)25)7-8-14(13)22;20-13-6-5-9-3-1-2-4-11(9)15(13)18-17-12-7-10(19(22)23)8-14(16(12)21)27(24,25)26;;/h2-9,22-23H,1H3;1-8,20-21H,(H,24,25,26);;/q;;+3;+1/p-3. The first-order chi connectivity index (χ1) is 24.6. The van der Waals surface area contributed by atoms with Crippen LogP contribution in [0.2, 0.25) is 0 Å². The van der Waals surface area contributed by atoms with Gasteiger partial charge in [0.1, 0.15) is 17.1 Å². The Morgan fingerprint density at radius 3 is 1.98 bits per heavy atom. The second-order valence-corrected chi connectivity index (χ2v) is 11.9. The van der Waals surface area contributed by atoms with Gasteiger partial charge in [-0.25, -0.2) is 4.68 Å². The molecule has 6 rings (SSSR count). The summed E-state index contributed by atoms with van der Waals surface area (Å²) in [5.41, 5.74) is -1.09. The Balaban J connectivity index is 0.000000281. The van der Waals surface area contributed by atoms with Gasteiger partial charge in [-0.2, -0.15) is 23.7 Å². The number of phenols is 1. The number of nitrogens with zero attached hydrogens (tertiary/aromatic N) is 8. The predicted molar refractivity (Wildman–Crippen MR) is 177 cm³/mol. The van der Waals surface area contributed by atoms with Crippen molar-refractivity contribution >= 4 is 55.0 Å². The topological polar surface area (TPSA) is 297 Å². The van der Waals surface area contributed by atoms with Crippen molar-refractivity contribution in [3.8, 4) is 28.8 Å². The predicted octanol–water partition coefficient (Wildman–Crippen LogP) is 2.84. The Kier molecular flexibility index (Phi) is 14.1. The molecule has 0 atom stereocenters. The van der Waals surface area contributed by atoms with Crippen molar-refractivity contribution in [3.05, 3.63) is 123 Å². The molecule has 54 heavy (non-hydrogen) atoms. The van der Waals surface area contributed by atoms with Crippen molar-refractivity contribution < 1.29 is 90.2 Å². The molecule has 0 aliphatic rings. The average Bonchev–Trinajstić information content (AvgIpc) is 3.40. The molecule has 22 heteroatoms. The maximum atomic E-state index is 12.4. The second-order valence-electron chi connectivity index (χ2n) is 10.5. The third-order valence-corrected chi connectivity index (χ3v) is 7.90. The first-order valence-corrected chi connectivity index (χ1v) is 15.9. The van der Waals surface area contributed by atoms with Gasteiger partial charge in [0.15, 0.2) is 0 Å². The molecule has 5 aromatic carbocycles. The van der Waals surface area contributed by atoms with Gasteiger partial charge >= 0.3 is 46.9 Å². The van der Waals surface area contributed by atoms with E-state index in [1.54, 1.807) is 61.5 Å². The molecule has 0 saturated heterocycles. The van der Waals surface area contributed by atoms with Crippen LogP contribution >= 0.6 is 0 Å². The van der Waals surface area contributed by atoms with Gasteiger partial charge < -0.3 is 20.4 Å². The first-order valence-electron chi connectivity index (χ1n) is 14.4. The number of nitro benzene ring substituents is 2. The molecule has 0 aliphatic carbocycles. The van der Waals surface area contributed by atoms with Gasteiger partial charge in [-0.3, -0.25) is 24.8 Å². The molecule has 0 fully saturated rings. The van der Waals surface area contributed by atoms with Crippen LogP contribution in [0.1, 0.15) is 5.69 Å². The number of aromatic hydroxyl groups is 1. The van der Waals surface area contributed by atoms with E-state index in [2.05, 4.69) is 25.6 Å². The fourth-order valence-corrected chi connectivity index (χ4v) is 5.16. The summed E-state index contributed by atoms with van der Waals surface area (Å²) < 4.78 is 32.9. The number of fused-ring (bicyclic) bond motifs is 1. The quantitative estimate of drug-likeness (QED) is 0.0738. The number of azo groups is 2. The summed E-state index contributed by atoms with van der Waals surface area (Å²) in [6.07, 6.45) is 0. The normalized spacial score (nSPS) is 11.1. The Morgan fingerprint density at radius 1 is 0.741 bits per heavy atom. The zero-order valence-corrected chi connectivity index (χ0v) is 31.8. The fraction of sp³-hybridized carbons (Fsp3) is 0.0312. The van der Waals surface area contributed by atoms with Gasteiger partial charge in [-0.15, -0.1) is 10.2 Å². The van der Waals surface area contributed by atoms with Crippen LogP contribution < -0.4 is 44.9 Å². The van der Waals surface area contributed by atoms with Crippen LogP contribution in [0, 0.1) is 27.2 Å². The molecular formula is C32H21CrN8NaO11S+. The van der Waals surface area contributed by atoms with Gasteiger partial charge in [-0.1, -0.05) is 66.1 Å². The smallest absolute Gasteiger partial charge is 0.871 e. The Labute approximate surface area is 337 Å². The van der Waals surface area contributed by atoms with Gasteiger partial charge in [-0.05, 0) is 30.5 Å². The molecule has 0 amide bonds. The molecule has 1 heterocycles. The van der Waals surface area contributed by atoms with E-state index < -0.39 is 53.6 Å². The molecule has 1 radical (unpaired) electrons. The minimum absolute atomic E-state index is 0. The van der Waals surface area contributed by atoms with Crippen LogP contribution in [0.25, 0.3) is 16.5 Å². The Morgan fingerprint density at radius 2 is 1.33 bits per heavy atom. The first kappa shape index (κ1) is 42.6. The molecule has 267 valence electrons. The fourth-order valence-electron chi connectivity index (χ4n) is 4.56. The van der Waals surface area contributed by atoms with E-state index in [-0.39, 0.29) is 75.4 Å². The van der Waals surface area contributed by atoms with Crippen LogP contribution in [-0.2, 0) is 27.5 Å². The molecule has 0 unspecified atom stereocenters. The zero-order valence-electron chi connectivity index (χ0n) is 27.7. The van der Waals surface area contributed by atoms with E-state index in [1.165, 1.54) is 10.7 Å². The number of aromatic nitrogens is 2. The number of nitro groups is 2. The molecule has 0 spiro atoms. The van der Waals surface area contributed by atoms with Crippen molar-refractivity contribution in [2.24, 2.45) is 20.5 Å². The number of hydrogen-bond donors (Lipinski definition) is 2. The number of aryl methyl sites for hydroxylation is 1. The van der Waals surface area contributed by atoms with E-state index in [0.29, 0.717) is 28.2 Å². The molecule has 0 saturated carbocycles. The van der Waals surface area contributed by atoms with E-state index in [0.717, 1.165) is 24.3 Å². The third-order valence-electron chi connectivity index (χ3n) is 7.05. The molecule has 2 N–H and O–H groups in total. The maximum Gasteiger partial charge on any atom is 3.00 e. The zero-order chi connectivity index (χ0) is 37.7.